The summed E-state index contributed by atoms with van der Waals surface area (Å²) in [4.78, 5) is 14.9. The van der Waals surface area contributed by atoms with Crippen LogP contribution in [0.2, 0.25) is 0 Å². The number of aromatic nitrogens is 1. The molecule has 1 amide bonds. The second-order valence-corrected chi connectivity index (χ2v) is 8.30. The Kier molecular flexibility index (Phi) is 6.16. The van der Waals surface area contributed by atoms with Crippen LogP contribution in [0.1, 0.15) is 42.1 Å². The van der Waals surface area contributed by atoms with E-state index in [2.05, 4.69) is 39.0 Å². The summed E-state index contributed by atoms with van der Waals surface area (Å²) >= 11 is 0. The third-order valence-corrected chi connectivity index (χ3v) is 5.83. The Labute approximate surface area is 177 Å². The Morgan fingerprint density at radius 2 is 1.87 bits per heavy atom. The topological polar surface area (TPSA) is 70.4 Å². The highest BCUT2D eigenvalue weighted by molar-refractivity contribution is 6.12. The van der Waals surface area contributed by atoms with E-state index in [0.717, 1.165) is 49.9 Å². The normalized spacial score (nSPS) is 15.2. The van der Waals surface area contributed by atoms with E-state index in [0.29, 0.717) is 18.0 Å². The molecule has 1 aliphatic rings. The van der Waals surface area contributed by atoms with Gasteiger partial charge in [-0.25, -0.2) is 0 Å². The average Bonchev–Trinajstić information content (AvgIpc) is 3.07. The van der Waals surface area contributed by atoms with Crippen molar-refractivity contribution in [2.45, 2.75) is 31.7 Å². The molecule has 3 aromatic rings. The smallest absolute Gasteiger partial charge is 0.256 e. The molecule has 0 atom stereocenters. The molecule has 2 heterocycles. The maximum Gasteiger partial charge on any atom is 0.256 e. The second-order valence-electron chi connectivity index (χ2n) is 8.30. The van der Waals surface area contributed by atoms with Crippen LogP contribution in [-0.4, -0.2) is 55.1 Å². The lowest BCUT2D eigenvalue weighted by Gasteiger charge is -2.25. The van der Waals surface area contributed by atoms with Crippen molar-refractivity contribution in [3.63, 3.8) is 0 Å². The summed E-state index contributed by atoms with van der Waals surface area (Å²) in [5.74, 6) is 0.0578. The first-order chi connectivity index (χ1) is 14.5. The van der Waals surface area contributed by atoms with Crippen molar-refractivity contribution in [2.24, 2.45) is 0 Å². The van der Waals surface area contributed by atoms with Crippen LogP contribution >= 0.6 is 0 Å². The van der Waals surface area contributed by atoms with Crippen molar-refractivity contribution < 1.29 is 9.53 Å². The molecule has 1 saturated heterocycles. The molecule has 0 bridgehead atoms. The van der Waals surface area contributed by atoms with Gasteiger partial charge in [0.2, 0.25) is 0 Å². The summed E-state index contributed by atoms with van der Waals surface area (Å²) < 4.78 is 7.95. The van der Waals surface area contributed by atoms with E-state index in [9.17, 15) is 4.79 Å². The molecule has 0 radical (unpaired) electrons. The quantitative estimate of drug-likeness (QED) is 0.476. The Morgan fingerprint density at radius 3 is 2.63 bits per heavy atom. The van der Waals surface area contributed by atoms with Crippen LogP contribution in [0.4, 0.5) is 0 Å². The van der Waals surface area contributed by atoms with Crippen LogP contribution < -0.4 is 5.32 Å². The number of hydrogen-bond donors (Lipinski definition) is 2. The molecule has 6 nitrogen and oxygen atoms in total. The van der Waals surface area contributed by atoms with E-state index in [1.807, 2.05) is 32.3 Å². The highest BCUT2D eigenvalue weighted by Crippen LogP contribution is 2.35. The zero-order valence-corrected chi connectivity index (χ0v) is 17.8. The van der Waals surface area contributed by atoms with Crippen molar-refractivity contribution in [1.82, 2.24) is 14.8 Å². The number of nitrogens with one attached hydrogen (secondary N) is 2. The van der Waals surface area contributed by atoms with Crippen molar-refractivity contribution in [1.29, 1.82) is 5.41 Å². The summed E-state index contributed by atoms with van der Waals surface area (Å²) in [6, 6.07) is 14.7. The summed E-state index contributed by atoms with van der Waals surface area (Å²) in [7, 11) is 4.02. The Bertz CT molecular complexity index is 1060. The monoisotopic (exact) mass is 406 g/mol. The largest absolute Gasteiger partial charge is 0.381 e. The van der Waals surface area contributed by atoms with Gasteiger partial charge in [0, 0.05) is 47.5 Å². The fourth-order valence-corrected chi connectivity index (χ4v) is 4.32. The van der Waals surface area contributed by atoms with Gasteiger partial charge in [-0.05, 0) is 58.1 Å². The molecule has 158 valence electrons. The molecule has 1 fully saturated rings. The van der Waals surface area contributed by atoms with Gasteiger partial charge in [0.15, 0.2) is 0 Å². The fourth-order valence-electron chi connectivity index (χ4n) is 4.32. The Morgan fingerprint density at radius 1 is 1.13 bits per heavy atom. The molecule has 0 spiro atoms. The molecule has 2 aromatic carbocycles. The molecule has 0 saturated carbocycles. The predicted molar refractivity (Wildman–Crippen MR) is 122 cm³/mol. The van der Waals surface area contributed by atoms with Crippen LogP contribution in [0.5, 0.6) is 0 Å². The first-order valence-corrected chi connectivity index (χ1v) is 10.7. The number of amides is 1. The molecule has 0 aliphatic carbocycles. The molecule has 1 aliphatic heterocycles. The summed E-state index contributed by atoms with van der Waals surface area (Å²) in [6.45, 7) is 2.43. The molecule has 6 heteroatoms. The van der Waals surface area contributed by atoms with Gasteiger partial charge in [-0.3, -0.25) is 10.2 Å². The molecule has 4 rings (SSSR count). The maximum absolute atomic E-state index is 12.8. The third-order valence-electron chi connectivity index (χ3n) is 5.83. The Balaban J connectivity index is 1.63. The van der Waals surface area contributed by atoms with Crippen molar-refractivity contribution in [3.8, 4) is 0 Å². The SMILES string of the molecule is CN(C)CCCC(=N)NC(=O)c1ccc2c3ccccc3n(C3CCOCC3)c2c1. The predicted octanol–water partition coefficient (Wildman–Crippen LogP) is 4.19. The molecule has 0 unspecified atom stereocenters. The minimum absolute atomic E-state index is 0.212. The van der Waals surface area contributed by atoms with Crippen LogP contribution in [0, 0.1) is 5.41 Å². The average molecular weight is 407 g/mol. The Hall–Kier alpha value is -2.70. The number of carbonyl (C=O) groups is 1. The van der Waals surface area contributed by atoms with Crippen LogP contribution in [0.15, 0.2) is 42.5 Å². The van der Waals surface area contributed by atoms with Crippen LogP contribution in [0.3, 0.4) is 0 Å². The number of hydrogen-bond acceptors (Lipinski definition) is 4. The van der Waals surface area contributed by atoms with E-state index < -0.39 is 0 Å². The summed E-state index contributed by atoms with van der Waals surface area (Å²) in [5.41, 5.74) is 2.87. The van der Waals surface area contributed by atoms with Gasteiger partial charge in [0.25, 0.3) is 5.91 Å². The lowest BCUT2D eigenvalue weighted by molar-refractivity contribution is 0.0717. The number of benzene rings is 2. The first kappa shape index (κ1) is 20.6. The molecule has 1 aromatic heterocycles. The van der Waals surface area contributed by atoms with Gasteiger partial charge in [0.1, 0.15) is 5.84 Å². The van der Waals surface area contributed by atoms with E-state index in [4.69, 9.17) is 10.1 Å². The fraction of sp³-hybridized carbons (Fsp3) is 0.417. The van der Waals surface area contributed by atoms with Gasteiger partial charge in [-0.2, -0.15) is 0 Å². The van der Waals surface area contributed by atoms with Crippen molar-refractivity contribution in [2.75, 3.05) is 33.9 Å². The highest BCUT2D eigenvalue weighted by Gasteiger charge is 2.21. The molecular formula is C24H30N4O2. The van der Waals surface area contributed by atoms with Gasteiger partial charge < -0.3 is 19.5 Å². The standard InChI is InChI=1S/C24H30N4O2/c1-27(2)13-5-8-23(25)26-24(29)17-9-10-20-19-6-3-4-7-21(19)28(22(20)16-17)18-11-14-30-15-12-18/h3-4,6-7,9-10,16,18H,5,8,11-15H2,1-2H3,(H2,25,26,29). The van der Waals surface area contributed by atoms with E-state index in [-0.39, 0.29) is 11.7 Å². The van der Waals surface area contributed by atoms with Crippen molar-refractivity contribution in [3.05, 3.63) is 48.0 Å². The molecular weight excluding hydrogens is 376 g/mol. The maximum atomic E-state index is 12.8. The summed E-state index contributed by atoms with van der Waals surface area (Å²) in [6.07, 6.45) is 3.36. The highest BCUT2D eigenvalue weighted by atomic mass is 16.5. The number of ether oxygens (including phenoxy) is 1. The van der Waals surface area contributed by atoms with Gasteiger partial charge in [-0.1, -0.05) is 24.3 Å². The minimum Gasteiger partial charge on any atom is -0.381 e. The number of rotatable bonds is 6. The van der Waals surface area contributed by atoms with E-state index in [1.165, 1.54) is 10.9 Å². The van der Waals surface area contributed by atoms with E-state index in [1.54, 1.807) is 0 Å². The van der Waals surface area contributed by atoms with E-state index >= 15 is 0 Å². The van der Waals surface area contributed by atoms with Gasteiger partial charge in [-0.15, -0.1) is 0 Å². The number of para-hydroxylation sites is 1. The van der Waals surface area contributed by atoms with Gasteiger partial charge in [0.05, 0.1) is 5.52 Å². The zero-order chi connectivity index (χ0) is 21.1. The lowest BCUT2D eigenvalue weighted by atomic mass is 10.1. The van der Waals surface area contributed by atoms with Crippen molar-refractivity contribution >= 4 is 33.5 Å². The lowest BCUT2D eigenvalue weighted by Crippen LogP contribution is -2.30. The second kappa shape index (κ2) is 8.98. The summed E-state index contributed by atoms with van der Waals surface area (Å²) in [5, 5.41) is 13.2. The third kappa shape index (κ3) is 4.25. The number of carbonyl (C=O) groups excluding carboxylic acids is 1. The molecule has 2 N–H and O–H groups in total. The first-order valence-electron chi connectivity index (χ1n) is 10.7. The number of amidine groups is 1. The zero-order valence-electron chi connectivity index (χ0n) is 17.8. The minimum atomic E-state index is -0.212. The van der Waals surface area contributed by atoms with Crippen LogP contribution in [0.25, 0.3) is 21.8 Å². The molecule has 30 heavy (non-hydrogen) atoms. The number of fused-ring (bicyclic) bond motifs is 3. The number of nitrogens with zero attached hydrogens (tertiary/aromatic N) is 2. The van der Waals surface area contributed by atoms with Crippen LogP contribution in [-0.2, 0) is 4.74 Å². The van der Waals surface area contributed by atoms with Gasteiger partial charge >= 0.3 is 0 Å².